The van der Waals surface area contributed by atoms with Gasteiger partial charge in [-0.15, -0.1) is 10.2 Å². The summed E-state index contributed by atoms with van der Waals surface area (Å²) in [5.74, 6) is 1.86. The number of benzene rings is 1. The summed E-state index contributed by atoms with van der Waals surface area (Å²) in [7, 11) is 2.14. The first-order valence-corrected chi connectivity index (χ1v) is 9.23. The van der Waals surface area contributed by atoms with E-state index in [9.17, 15) is 0 Å². The van der Waals surface area contributed by atoms with Crippen molar-refractivity contribution in [3.05, 3.63) is 48.2 Å². The van der Waals surface area contributed by atoms with Crippen molar-refractivity contribution in [3.8, 4) is 5.88 Å². The number of nitrogens with two attached hydrogens (primary N) is 1. The summed E-state index contributed by atoms with van der Waals surface area (Å²) in [5, 5.41) is 13.8. The molecule has 7 nitrogen and oxygen atoms in total. The van der Waals surface area contributed by atoms with E-state index in [0.717, 1.165) is 48.1 Å². The fourth-order valence-electron chi connectivity index (χ4n) is 3.30. The Hall–Kier alpha value is -2.93. The lowest BCUT2D eigenvalue weighted by Gasteiger charge is -2.28. The van der Waals surface area contributed by atoms with Gasteiger partial charge in [0.05, 0.1) is 0 Å². The molecule has 0 amide bonds. The van der Waals surface area contributed by atoms with Crippen LogP contribution in [0.5, 0.6) is 5.88 Å². The average molecular weight is 364 g/mol. The second-order valence-electron chi connectivity index (χ2n) is 6.98. The van der Waals surface area contributed by atoms with Crippen molar-refractivity contribution in [2.75, 3.05) is 31.2 Å². The predicted molar refractivity (Wildman–Crippen MR) is 107 cm³/mol. The van der Waals surface area contributed by atoms with Crippen LogP contribution in [0.15, 0.2) is 42.6 Å². The summed E-state index contributed by atoms with van der Waals surface area (Å²) in [6.45, 7) is 2.78. The molecule has 1 saturated heterocycles. The Labute approximate surface area is 158 Å². The first-order valence-electron chi connectivity index (χ1n) is 9.23. The maximum atomic E-state index is 5.93. The Morgan fingerprint density at radius 1 is 1.15 bits per heavy atom. The van der Waals surface area contributed by atoms with E-state index < -0.39 is 0 Å². The van der Waals surface area contributed by atoms with E-state index in [-0.39, 0.29) is 6.10 Å². The zero-order valence-corrected chi connectivity index (χ0v) is 15.4. The van der Waals surface area contributed by atoms with E-state index in [0.29, 0.717) is 18.2 Å². The van der Waals surface area contributed by atoms with Gasteiger partial charge in [0.1, 0.15) is 17.7 Å². The molecule has 0 aliphatic carbocycles. The predicted octanol–water partition coefficient (Wildman–Crippen LogP) is 2.69. The number of aromatic nitrogens is 3. The molecule has 27 heavy (non-hydrogen) atoms. The molecule has 1 fully saturated rings. The van der Waals surface area contributed by atoms with Gasteiger partial charge >= 0.3 is 0 Å². The highest BCUT2D eigenvalue weighted by molar-refractivity contribution is 5.91. The molecule has 0 unspecified atom stereocenters. The van der Waals surface area contributed by atoms with Crippen molar-refractivity contribution in [1.29, 1.82) is 0 Å². The smallest absolute Gasteiger partial charge is 0.233 e. The van der Waals surface area contributed by atoms with Crippen molar-refractivity contribution in [1.82, 2.24) is 20.1 Å². The quantitative estimate of drug-likeness (QED) is 0.719. The van der Waals surface area contributed by atoms with Crippen LogP contribution in [0.3, 0.4) is 0 Å². The van der Waals surface area contributed by atoms with Gasteiger partial charge in [0.2, 0.25) is 5.88 Å². The number of nitrogen functional groups attached to an aromatic ring is 1. The summed E-state index contributed by atoms with van der Waals surface area (Å²) < 4.78 is 5.93. The van der Waals surface area contributed by atoms with Crippen LogP contribution < -0.4 is 15.8 Å². The number of rotatable bonds is 5. The molecule has 140 valence electrons. The number of likely N-dealkylation sites (tertiary alicyclic amines) is 1. The van der Waals surface area contributed by atoms with Crippen LogP contribution in [0.2, 0.25) is 0 Å². The third-order valence-corrected chi connectivity index (χ3v) is 4.93. The Morgan fingerprint density at radius 3 is 2.78 bits per heavy atom. The van der Waals surface area contributed by atoms with E-state index in [4.69, 9.17) is 10.5 Å². The first-order chi connectivity index (χ1) is 13.2. The van der Waals surface area contributed by atoms with Gasteiger partial charge in [-0.25, -0.2) is 4.98 Å². The first kappa shape index (κ1) is 17.5. The third-order valence-electron chi connectivity index (χ3n) is 4.93. The van der Waals surface area contributed by atoms with Crippen LogP contribution in [0, 0.1) is 0 Å². The number of ether oxygens (including phenoxy) is 1. The molecule has 1 aliphatic rings. The third kappa shape index (κ3) is 4.25. The fourth-order valence-corrected chi connectivity index (χ4v) is 3.30. The Kier molecular flexibility index (Phi) is 5.02. The molecule has 3 heterocycles. The topological polar surface area (TPSA) is 89.2 Å². The number of fused-ring (bicyclic) bond motifs is 1. The number of nitrogens with zero attached hydrogens (tertiary/aromatic N) is 4. The van der Waals surface area contributed by atoms with E-state index in [1.807, 2.05) is 30.3 Å². The number of piperidine rings is 1. The van der Waals surface area contributed by atoms with Crippen molar-refractivity contribution < 1.29 is 4.74 Å². The summed E-state index contributed by atoms with van der Waals surface area (Å²) >= 11 is 0. The Bertz CT molecular complexity index is 906. The summed E-state index contributed by atoms with van der Waals surface area (Å²) in [5.41, 5.74) is 7.04. The molecule has 0 spiro atoms. The number of anilines is 2. The molecule has 1 aliphatic heterocycles. The molecular formula is C20H24N6O. The van der Waals surface area contributed by atoms with Gasteiger partial charge in [-0.1, -0.05) is 12.1 Å². The minimum atomic E-state index is 0.230. The highest BCUT2D eigenvalue weighted by Crippen LogP contribution is 2.21. The molecule has 0 saturated carbocycles. The number of hydrogen-bond donors (Lipinski definition) is 2. The second kappa shape index (κ2) is 7.75. The SMILES string of the molecule is CN1CCC(Oc2ccc(NCc3ccc4c(N)nccc4c3)nn2)CC1. The van der Waals surface area contributed by atoms with Crippen molar-refractivity contribution >= 4 is 22.4 Å². The van der Waals surface area contributed by atoms with Gasteiger partial charge in [-0.3, -0.25) is 0 Å². The molecule has 3 N–H and O–H groups in total. The minimum Gasteiger partial charge on any atom is -0.473 e. The average Bonchev–Trinajstić information content (AvgIpc) is 2.69. The summed E-state index contributed by atoms with van der Waals surface area (Å²) in [4.78, 5) is 6.43. The summed E-state index contributed by atoms with van der Waals surface area (Å²) in [6, 6.07) is 11.9. The minimum absolute atomic E-state index is 0.230. The molecule has 0 radical (unpaired) electrons. The number of nitrogens with one attached hydrogen (secondary N) is 1. The zero-order valence-electron chi connectivity index (χ0n) is 15.4. The van der Waals surface area contributed by atoms with Crippen LogP contribution in [-0.2, 0) is 6.54 Å². The molecule has 1 aromatic carbocycles. The Balaban J connectivity index is 1.35. The standard InChI is InChI=1S/C20H24N6O/c1-26-10-7-16(8-11-26)27-19-5-4-18(24-25-19)23-13-14-2-3-17-15(12-14)6-9-22-20(17)21/h2-6,9,12,16H,7-8,10-11,13H2,1H3,(H2,21,22)(H,23,24). The van der Waals surface area contributed by atoms with E-state index in [1.165, 1.54) is 0 Å². The van der Waals surface area contributed by atoms with E-state index in [1.54, 1.807) is 6.20 Å². The van der Waals surface area contributed by atoms with Crippen molar-refractivity contribution in [2.24, 2.45) is 0 Å². The molecular weight excluding hydrogens is 340 g/mol. The zero-order chi connectivity index (χ0) is 18.6. The normalized spacial score (nSPS) is 15.7. The van der Waals surface area contributed by atoms with Gasteiger partial charge in [-0.2, -0.15) is 0 Å². The van der Waals surface area contributed by atoms with Gasteiger partial charge in [0.15, 0.2) is 0 Å². The molecule has 4 rings (SSSR count). The van der Waals surface area contributed by atoms with Crippen LogP contribution in [0.1, 0.15) is 18.4 Å². The lowest BCUT2D eigenvalue weighted by molar-refractivity contribution is 0.109. The number of pyridine rings is 1. The monoisotopic (exact) mass is 364 g/mol. The molecule has 3 aromatic rings. The number of hydrogen-bond acceptors (Lipinski definition) is 7. The van der Waals surface area contributed by atoms with Crippen LogP contribution in [0.25, 0.3) is 10.8 Å². The van der Waals surface area contributed by atoms with Crippen molar-refractivity contribution in [3.63, 3.8) is 0 Å². The van der Waals surface area contributed by atoms with Crippen LogP contribution in [0.4, 0.5) is 11.6 Å². The largest absolute Gasteiger partial charge is 0.473 e. The summed E-state index contributed by atoms with van der Waals surface area (Å²) in [6.07, 6.45) is 4.01. The van der Waals surface area contributed by atoms with Gasteiger partial charge in [-0.05, 0) is 49.0 Å². The lowest BCUT2D eigenvalue weighted by Crippen LogP contribution is -2.35. The second-order valence-corrected chi connectivity index (χ2v) is 6.98. The van der Waals surface area contributed by atoms with Crippen LogP contribution in [-0.4, -0.2) is 46.3 Å². The highest BCUT2D eigenvalue weighted by Gasteiger charge is 2.18. The fraction of sp³-hybridized carbons (Fsp3) is 0.350. The maximum Gasteiger partial charge on any atom is 0.233 e. The van der Waals surface area contributed by atoms with E-state index >= 15 is 0 Å². The molecule has 2 aromatic heterocycles. The van der Waals surface area contributed by atoms with Gasteiger partial charge in [0.25, 0.3) is 0 Å². The Morgan fingerprint density at radius 2 is 2.00 bits per heavy atom. The van der Waals surface area contributed by atoms with Gasteiger partial charge < -0.3 is 20.7 Å². The van der Waals surface area contributed by atoms with E-state index in [2.05, 4.69) is 38.5 Å². The molecule has 0 atom stereocenters. The molecule has 7 heteroatoms. The maximum absolute atomic E-state index is 5.93. The van der Waals surface area contributed by atoms with Crippen LogP contribution >= 0.6 is 0 Å². The molecule has 0 bridgehead atoms. The highest BCUT2D eigenvalue weighted by atomic mass is 16.5. The van der Waals surface area contributed by atoms with Gasteiger partial charge in [0, 0.05) is 37.3 Å². The lowest BCUT2D eigenvalue weighted by atomic mass is 10.1. The van der Waals surface area contributed by atoms with Crippen molar-refractivity contribution in [2.45, 2.75) is 25.5 Å².